The van der Waals surface area contributed by atoms with Crippen LogP contribution in [0.3, 0.4) is 0 Å². The molecule has 1 fully saturated rings. The second-order valence-electron chi connectivity index (χ2n) is 9.42. The third kappa shape index (κ3) is 5.17. The van der Waals surface area contributed by atoms with Gasteiger partial charge in [-0.2, -0.15) is 0 Å². The monoisotopic (exact) mass is 501 g/mol. The van der Waals surface area contributed by atoms with E-state index in [1.165, 1.54) is 23.3 Å². The van der Waals surface area contributed by atoms with Gasteiger partial charge in [0, 0.05) is 55.8 Å². The molecule has 6 rings (SSSR count). The number of pyridine rings is 1. The maximum Gasteiger partial charge on any atom is 0.162 e. The molecule has 0 unspecified atom stereocenters. The van der Waals surface area contributed by atoms with Gasteiger partial charge in [0.1, 0.15) is 11.6 Å². The maximum absolute atomic E-state index is 13.6. The Kier molecular flexibility index (Phi) is 6.87. The summed E-state index contributed by atoms with van der Waals surface area (Å²) in [5.74, 6) is 1.25. The van der Waals surface area contributed by atoms with Crippen LogP contribution >= 0.6 is 0 Å². The minimum Gasteiger partial charge on any atom is -0.354 e. The average Bonchev–Trinajstić information content (AvgIpc) is 2.99. The second kappa shape index (κ2) is 10.9. The number of piperazine rings is 1. The smallest absolute Gasteiger partial charge is 0.162 e. The van der Waals surface area contributed by atoms with Crippen LogP contribution < -0.4 is 4.90 Å². The predicted molar refractivity (Wildman–Crippen MR) is 149 cm³/mol. The van der Waals surface area contributed by atoms with Crippen molar-refractivity contribution < 1.29 is 4.39 Å². The van der Waals surface area contributed by atoms with Gasteiger partial charge in [0.05, 0.1) is 11.7 Å². The van der Waals surface area contributed by atoms with Crippen molar-refractivity contribution in [3.8, 4) is 22.6 Å². The van der Waals surface area contributed by atoms with Gasteiger partial charge in [0.25, 0.3) is 0 Å². The van der Waals surface area contributed by atoms with Crippen molar-refractivity contribution in [2.75, 3.05) is 31.1 Å². The van der Waals surface area contributed by atoms with E-state index in [9.17, 15) is 4.39 Å². The highest BCUT2D eigenvalue weighted by molar-refractivity contribution is 5.67. The Morgan fingerprint density at radius 1 is 0.632 bits per heavy atom. The zero-order valence-electron chi connectivity index (χ0n) is 21.0. The van der Waals surface area contributed by atoms with Gasteiger partial charge in [-0.05, 0) is 47.5 Å². The molecule has 1 aliphatic heterocycles. The summed E-state index contributed by atoms with van der Waals surface area (Å²) in [5.41, 5.74) is 5.13. The Morgan fingerprint density at radius 3 is 1.84 bits per heavy atom. The Bertz CT molecular complexity index is 1430. The van der Waals surface area contributed by atoms with Gasteiger partial charge >= 0.3 is 0 Å². The van der Waals surface area contributed by atoms with Crippen LogP contribution in [0.15, 0.2) is 116 Å². The lowest BCUT2D eigenvalue weighted by atomic mass is 9.96. The normalized spacial score (nSPS) is 14.1. The topological polar surface area (TPSA) is 45.2 Å². The summed E-state index contributed by atoms with van der Waals surface area (Å²) in [6, 6.07) is 33.9. The third-order valence-corrected chi connectivity index (χ3v) is 7.03. The molecule has 38 heavy (non-hydrogen) atoms. The summed E-state index contributed by atoms with van der Waals surface area (Å²) in [4.78, 5) is 18.8. The number of benzene rings is 3. The molecule has 1 saturated heterocycles. The Morgan fingerprint density at radius 2 is 1.24 bits per heavy atom. The molecule has 1 aliphatic rings. The minimum atomic E-state index is -0.264. The van der Waals surface area contributed by atoms with E-state index < -0.39 is 0 Å². The molecule has 5 nitrogen and oxygen atoms in total. The van der Waals surface area contributed by atoms with Crippen molar-refractivity contribution in [2.24, 2.45) is 0 Å². The van der Waals surface area contributed by atoms with Crippen molar-refractivity contribution in [2.45, 2.75) is 6.04 Å². The molecule has 0 N–H and O–H groups in total. The molecule has 6 heteroatoms. The molecular weight excluding hydrogens is 473 g/mol. The molecule has 0 radical (unpaired) electrons. The van der Waals surface area contributed by atoms with E-state index in [2.05, 4.69) is 75.4 Å². The quantitative estimate of drug-likeness (QED) is 0.275. The van der Waals surface area contributed by atoms with Crippen LogP contribution in [0.4, 0.5) is 10.2 Å². The summed E-state index contributed by atoms with van der Waals surface area (Å²) in [6.45, 7) is 3.47. The van der Waals surface area contributed by atoms with Crippen molar-refractivity contribution in [1.29, 1.82) is 0 Å². The van der Waals surface area contributed by atoms with Gasteiger partial charge in [-0.3, -0.25) is 9.88 Å². The molecule has 0 bridgehead atoms. The van der Waals surface area contributed by atoms with Gasteiger partial charge in [0.15, 0.2) is 5.82 Å². The first kappa shape index (κ1) is 23.9. The maximum atomic E-state index is 13.6. The number of anilines is 1. The lowest BCUT2D eigenvalue weighted by molar-refractivity contribution is 0.212. The van der Waals surface area contributed by atoms with Crippen LogP contribution in [-0.4, -0.2) is 46.0 Å². The Balaban J connectivity index is 1.30. The van der Waals surface area contributed by atoms with Crippen LogP contribution in [0.25, 0.3) is 22.6 Å². The summed E-state index contributed by atoms with van der Waals surface area (Å²) >= 11 is 0. The molecule has 3 heterocycles. The molecule has 3 aromatic carbocycles. The number of hydrogen-bond donors (Lipinski definition) is 0. The first-order chi connectivity index (χ1) is 18.7. The highest BCUT2D eigenvalue weighted by Gasteiger charge is 2.27. The van der Waals surface area contributed by atoms with Gasteiger partial charge < -0.3 is 4.90 Å². The van der Waals surface area contributed by atoms with Gasteiger partial charge in [-0.15, -0.1) is 0 Å². The second-order valence-corrected chi connectivity index (χ2v) is 9.42. The number of halogens is 1. The molecule has 0 saturated carbocycles. The predicted octanol–water partition coefficient (Wildman–Crippen LogP) is 6.26. The molecule has 188 valence electrons. The van der Waals surface area contributed by atoms with Gasteiger partial charge in [-0.25, -0.2) is 14.4 Å². The zero-order valence-corrected chi connectivity index (χ0v) is 21.0. The third-order valence-electron chi connectivity index (χ3n) is 7.03. The van der Waals surface area contributed by atoms with Crippen LogP contribution in [-0.2, 0) is 0 Å². The fraction of sp³-hybridized carbons (Fsp3) is 0.156. The first-order valence-electron chi connectivity index (χ1n) is 12.9. The van der Waals surface area contributed by atoms with Crippen LogP contribution in [0.5, 0.6) is 0 Å². The summed E-state index contributed by atoms with van der Waals surface area (Å²) in [7, 11) is 0. The molecule has 0 amide bonds. The van der Waals surface area contributed by atoms with Crippen LogP contribution in [0, 0.1) is 5.82 Å². The lowest BCUT2D eigenvalue weighted by Crippen LogP contribution is -2.48. The van der Waals surface area contributed by atoms with Gasteiger partial charge in [-0.1, -0.05) is 60.7 Å². The van der Waals surface area contributed by atoms with E-state index in [1.807, 2.05) is 18.2 Å². The SMILES string of the molecule is Fc1ccc(-c2cc(N3CCN(C(c4ccccc4)c4ccccc4)CC3)nc(-c3ccncc3)n2)cc1. The van der Waals surface area contributed by atoms with E-state index in [-0.39, 0.29) is 11.9 Å². The summed E-state index contributed by atoms with van der Waals surface area (Å²) in [6.07, 6.45) is 3.49. The van der Waals surface area contributed by atoms with Crippen molar-refractivity contribution >= 4 is 5.82 Å². The minimum absolute atomic E-state index is 0.201. The fourth-order valence-corrected chi connectivity index (χ4v) is 5.09. The number of nitrogens with zero attached hydrogens (tertiary/aromatic N) is 5. The molecule has 0 atom stereocenters. The van der Waals surface area contributed by atoms with E-state index in [0.29, 0.717) is 5.82 Å². The zero-order chi connectivity index (χ0) is 25.7. The first-order valence-corrected chi connectivity index (χ1v) is 12.9. The highest BCUT2D eigenvalue weighted by atomic mass is 19.1. The van der Waals surface area contributed by atoms with Crippen molar-refractivity contribution in [3.05, 3.63) is 132 Å². The number of aromatic nitrogens is 3. The largest absolute Gasteiger partial charge is 0.354 e. The van der Waals surface area contributed by atoms with Crippen molar-refractivity contribution in [1.82, 2.24) is 19.9 Å². The highest BCUT2D eigenvalue weighted by Crippen LogP contribution is 2.31. The molecular formula is C32H28FN5. The average molecular weight is 502 g/mol. The molecule has 0 aliphatic carbocycles. The van der Waals surface area contributed by atoms with E-state index >= 15 is 0 Å². The van der Waals surface area contributed by atoms with Crippen LogP contribution in [0.2, 0.25) is 0 Å². The van der Waals surface area contributed by atoms with E-state index in [4.69, 9.17) is 9.97 Å². The Labute approximate surface area is 222 Å². The van der Waals surface area contributed by atoms with Crippen molar-refractivity contribution in [3.63, 3.8) is 0 Å². The summed E-state index contributed by atoms with van der Waals surface area (Å²) < 4.78 is 13.6. The Hall–Kier alpha value is -4.42. The lowest BCUT2D eigenvalue weighted by Gasteiger charge is -2.40. The molecule has 5 aromatic rings. The number of hydrogen-bond acceptors (Lipinski definition) is 5. The number of rotatable bonds is 6. The van der Waals surface area contributed by atoms with E-state index in [0.717, 1.165) is 48.8 Å². The molecule has 0 spiro atoms. The van der Waals surface area contributed by atoms with Gasteiger partial charge in [0.2, 0.25) is 0 Å². The van der Waals surface area contributed by atoms with E-state index in [1.54, 1.807) is 24.5 Å². The van der Waals surface area contributed by atoms with Crippen LogP contribution in [0.1, 0.15) is 17.2 Å². The summed E-state index contributed by atoms with van der Waals surface area (Å²) in [5, 5.41) is 0. The molecule has 2 aromatic heterocycles. The standard InChI is InChI=1S/C32H28FN5/c33-28-13-11-24(12-14-28)29-23-30(36-32(35-29)27-15-17-34-18-16-27)37-19-21-38(22-20-37)31(25-7-3-1-4-8-25)26-9-5-2-6-10-26/h1-18,23,31H,19-22H2. The fourth-order valence-electron chi connectivity index (χ4n) is 5.09.